The van der Waals surface area contributed by atoms with Crippen LogP contribution in [0.4, 0.5) is 0 Å². The zero-order valence-corrected chi connectivity index (χ0v) is 8.17. The van der Waals surface area contributed by atoms with Crippen molar-refractivity contribution in [1.82, 2.24) is 0 Å². The molecule has 0 saturated heterocycles. The fourth-order valence-electron chi connectivity index (χ4n) is 1.63. The third-order valence-corrected chi connectivity index (χ3v) is 2.47. The fraction of sp³-hybridized carbons (Fsp3) is 0.286. The predicted molar refractivity (Wildman–Crippen MR) is 64.8 cm³/mol. The fourth-order valence-corrected chi connectivity index (χ4v) is 1.63. The molecule has 0 radical (unpaired) electrons. The maximum Gasteiger partial charge on any atom is -0.0181 e. The molecule has 2 aromatic rings. The van der Waals surface area contributed by atoms with Gasteiger partial charge in [-0.1, -0.05) is 56.3 Å². The van der Waals surface area contributed by atoms with E-state index in [1.54, 1.807) is 0 Å². The van der Waals surface area contributed by atoms with Crippen LogP contribution in [0.3, 0.4) is 0 Å². The molecule has 0 aliphatic rings. The SMILES string of the molecule is C.CCc1ccc2cc(C)ccc2c1. The molecule has 0 heterocycles. The Morgan fingerprint density at radius 3 is 2.29 bits per heavy atom. The van der Waals surface area contributed by atoms with Gasteiger partial charge in [-0.25, -0.2) is 0 Å². The van der Waals surface area contributed by atoms with Gasteiger partial charge in [0.2, 0.25) is 0 Å². The third-order valence-electron chi connectivity index (χ3n) is 2.47. The zero-order valence-electron chi connectivity index (χ0n) is 8.17. The summed E-state index contributed by atoms with van der Waals surface area (Å²) in [7, 11) is 0. The molecule has 0 saturated carbocycles. The van der Waals surface area contributed by atoms with Gasteiger partial charge in [-0.2, -0.15) is 0 Å². The normalized spacial score (nSPS) is 9.86. The number of hydrogen-bond acceptors (Lipinski definition) is 0. The Morgan fingerprint density at radius 2 is 1.57 bits per heavy atom. The molecule has 0 bridgehead atoms. The van der Waals surface area contributed by atoms with E-state index in [4.69, 9.17) is 0 Å². The van der Waals surface area contributed by atoms with Crippen molar-refractivity contribution in [2.45, 2.75) is 27.7 Å². The van der Waals surface area contributed by atoms with E-state index >= 15 is 0 Å². The summed E-state index contributed by atoms with van der Waals surface area (Å²) in [6, 6.07) is 13.3. The highest BCUT2D eigenvalue weighted by molar-refractivity contribution is 5.83. The molecule has 2 aromatic carbocycles. The summed E-state index contributed by atoms with van der Waals surface area (Å²) in [5.74, 6) is 0. The summed E-state index contributed by atoms with van der Waals surface area (Å²) in [5, 5.41) is 2.70. The van der Waals surface area contributed by atoms with Gasteiger partial charge in [0.15, 0.2) is 0 Å². The lowest BCUT2D eigenvalue weighted by Crippen LogP contribution is -1.80. The van der Waals surface area contributed by atoms with Crippen LogP contribution >= 0.6 is 0 Å². The molecule has 0 atom stereocenters. The first-order valence-corrected chi connectivity index (χ1v) is 4.79. The average molecular weight is 186 g/mol. The van der Waals surface area contributed by atoms with Crippen LogP contribution in [0.25, 0.3) is 10.8 Å². The van der Waals surface area contributed by atoms with Crippen molar-refractivity contribution >= 4 is 10.8 Å². The molecule has 74 valence electrons. The minimum Gasteiger partial charge on any atom is -0.0776 e. The van der Waals surface area contributed by atoms with Crippen molar-refractivity contribution in [2.24, 2.45) is 0 Å². The molecule has 0 aromatic heterocycles. The summed E-state index contributed by atoms with van der Waals surface area (Å²) in [5.41, 5.74) is 2.74. The van der Waals surface area contributed by atoms with Crippen LogP contribution in [0.1, 0.15) is 25.5 Å². The molecular formula is C14H18. The Kier molecular flexibility index (Phi) is 3.29. The summed E-state index contributed by atoms with van der Waals surface area (Å²) in [4.78, 5) is 0. The molecule has 0 amide bonds. The minimum atomic E-state index is 0. The first kappa shape index (κ1) is 10.8. The number of aryl methyl sites for hydroxylation is 2. The number of hydrogen-bond donors (Lipinski definition) is 0. The van der Waals surface area contributed by atoms with Crippen molar-refractivity contribution in [2.75, 3.05) is 0 Å². The van der Waals surface area contributed by atoms with Crippen LogP contribution in [0.5, 0.6) is 0 Å². The molecule has 0 N–H and O–H groups in total. The monoisotopic (exact) mass is 186 g/mol. The molecule has 14 heavy (non-hydrogen) atoms. The van der Waals surface area contributed by atoms with Crippen molar-refractivity contribution in [3.8, 4) is 0 Å². The van der Waals surface area contributed by atoms with Crippen LogP contribution < -0.4 is 0 Å². The lowest BCUT2D eigenvalue weighted by atomic mass is 10.0. The van der Waals surface area contributed by atoms with E-state index in [-0.39, 0.29) is 7.43 Å². The highest BCUT2D eigenvalue weighted by atomic mass is 14.0. The van der Waals surface area contributed by atoms with E-state index in [9.17, 15) is 0 Å². The van der Waals surface area contributed by atoms with Crippen molar-refractivity contribution in [1.29, 1.82) is 0 Å². The van der Waals surface area contributed by atoms with Crippen LogP contribution in [0.15, 0.2) is 36.4 Å². The topological polar surface area (TPSA) is 0 Å². The first-order chi connectivity index (χ1) is 6.29. The second-order valence-electron chi connectivity index (χ2n) is 3.54. The van der Waals surface area contributed by atoms with Gasteiger partial charge in [0.1, 0.15) is 0 Å². The van der Waals surface area contributed by atoms with Crippen LogP contribution in [0.2, 0.25) is 0 Å². The summed E-state index contributed by atoms with van der Waals surface area (Å²) >= 11 is 0. The molecule has 2 rings (SSSR count). The van der Waals surface area contributed by atoms with Gasteiger partial charge in [-0.05, 0) is 29.7 Å². The molecule has 0 aliphatic heterocycles. The maximum atomic E-state index is 2.27. The Bertz CT molecular complexity index is 427. The van der Waals surface area contributed by atoms with E-state index in [0.717, 1.165) is 6.42 Å². The predicted octanol–water partition coefficient (Wildman–Crippen LogP) is 4.35. The Morgan fingerprint density at radius 1 is 0.929 bits per heavy atom. The van der Waals surface area contributed by atoms with Crippen LogP contribution in [-0.4, -0.2) is 0 Å². The van der Waals surface area contributed by atoms with Crippen LogP contribution in [-0.2, 0) is 6.42 Å². The van der Waals surface area contributed by atoms with Gasteiger partial charge < -0.3 is 0 Å². The Hall–Kier alpha value is -1.30. The molecule has 0 spiro atoms. The molecule has 0 nitrogen and oxygen atoms in total. The summed E-state index contributed by atoms with van der Waals surface area (Å²) in [6.45, 7) is 4.32. The van der Waals surface area contributed by atoms with Gasteiger partial charge in [0.05, 0.1) is 0 Å². The number of benzene rings is 2. The van der Waals surface area contributed by atoms with Gasteiger partial charge in [-0.15, -0.1) is 0 Å². The minimum absolute atomic E-state index is 0. The summed E-state index contributed by atoms with van der Waals surface area (Å²) < 4.78 is 0. The molecule has 0 heteroatoms. The average Bonchev–Trinajstić information content (AvgIpc) is 2.17. The lowest BCUT2D eigenvalue weighted by Gasteiger charge is -2.01. The smallest absolute Gasteiger partial charge is 0.0181 e. The van der Waals surface area contributed by atoms with E-state index in [1.807, 2.05) is 0 Å². The van der Waals surface area contributed by atoms with Gasteiger partial charge in [-0.3, -0.25) is 0 Å². The van der Waals surface area contributed by atoms with Gasteiger partial charge in [0.25, 0.3) is 0 Å². The molecule has 0 unspecified atom stereocenters. The molecule has 0 fully saturated rings. The standard InChI is InChI=1S/C13H14.CH4/c1-3-11-5-7-12-8-10(2)4-6-13(12)9-11;/h4-9H,3H2,1-2H3;1H4. The Labute approximate surface area is 86.6 Å². The zero-order chi connectivity index (χ0) is 9.26. The van der Waals surface area contributed by atoms with Gasteiger partial charge in [0, 0.05) is 0 Å². The highest BCUT2D eigenvalue weighted by Crippen LogP contribution is 2.17. The first-order valence-electron chi connectivity index (χ1n) is 4.79. The van der Waals surface area contributed by atoms with E-state index < -0.39 is 0 Å². The molecular weight excluding hydrogens is 168 g/mol. The summed E-state index contributed by atoms with van der Waals surface area (Å²) in [6.07, 6.45) is 1.11. The van der Waals surface area contributed by atoms with E-state index in [0.29, 0.717) is 0 Å². The lowest BCUT2D eigenvalue weighted by molar-refractivity contribution is 1.15. The quantitative estimate of drug-likeness (QED) is 0.621. The maximum absolute atomic E-state index is 2.27. The van der Waals surface area contributed by atoms with Gasteiger partial charge >= 0.3 is 0 Å². The second-order valence-corrected chi connectivity index (χ2v) is 3.54. The van der Waals surface area contributed by atoms with Crippen molar-refractivity contribution in [3.05, 3.63) is 47.5 Å². The highest BCUT2D eigenvalue weighted by Gasteiger charge is 1.94. The van der Waals surface area contributed by atoms with E-state index in [1.165, 1.54) is 21.9 Å². The van der Waals surface area contributed by atoms with Crippen molar-refractivity contribution < 1.29 is 0 Å². The number of rotatable bonds is 1. The third kappa shape index (κ3) is 1.95. The molecule has 0 aliphatic carbocycles. The second kappa shape index (κ2) is 4.28. The Balaban J connectivity index is 0.000000980. The van der Waals surface area contributed by atoms with Crippen LogP contribution in [0, 0.1) is 6.92 Å². The largest absolute Gasteiger partial charge is 0.0776 e. The van der Waals surface area contributed by atoms with Crippen molar-refractivity contribution in [3.63, 3.8) is 0 Å². The van der Waals surface area contributed by atoms with E-state index in [2.05, 4.69) is 50.2 Å². The number of fused-ring (bicyclic) bond motifs is 1.